The molecule has 44 heavy (non-hydrogen) atoms. The van der Waals surface area contributed by atoms with Crippen LogP contribution in [0.4, 0.5) is 26.3 Å². The number of hydrogen-bond donors (Lipinski definition) is 0. The third-order valence-corrected chi connectivity index (χ3v) is 9.99. The molecule has 0 bridgehead atoms. The molecule has 0 aromatic heterocycles. The van der Waals surface area contributed by atoms with Crippen molar-refractivity contribution in [3.8, 4) is 17.6 Å². The lowest BCUT2D eigenvalue weighted by Crippen LogP contribution is -2.40. The minimum Gasteiger partial charge on any atom is -0.426 e. The van der Waals surface area contributed by atoms with E-state index >= 15 is 0 Å². The molecule has 240 valence electrons. The second-order valence-electron chi connectivity index (χ2n) is 13.0. The zero-order valence-electron chi connectivity index (χ0n) is 25.1. The van der Waals surface area contributed by atoms with Gasteiger partial charge in [0.1, 0.15) is 17.4 Å². The fourth-order valence-corrected chi connectivity index (χ4v) is 7.66. The van der Waals surface area contributed by atoms with Gasteiger partial charge in [0, 0.05) is 18.6 Å². The van der Waals surface area contributed by atoms with E-state index in [1.165, 1.54) is 44.4 Å². The van der Waals surface area contributed by atoms with Crippen molar-refractivity contribution in [3.05, 3.63) is 41.2 Å². The highest BCUT2D eigenvalue weighted by Gasteiger charge is 2.41. The van der Waals surface area contributed by atoms with E-state index in [4.69, 9.17) is 9.47 Å². The Morgan fingerprint density at radius 2 is 1.66 bits per heavy atom. The summed E-state index contributed by atoms with van der Waals surface area (Å²) in [6.07, 6.45) is 9.62. The molecule has 3 aliphatic rings. The van der Waals surface area contributed by atoms with Gasteiger partial charge in [-0.3, -0.25) is 4.79 Å². The number of ether oxygens (including phenoxy) is 2. The maximum atomic E-state index is 14.9. The van der Waals surface area contributed by atoms with Crippen LogP contribution in [0, 0.1) is 58.9 Å². The van der Waals surface area contributed by atoms with Gasteiger partial charge in [-0.15, -0.1) is 0 Å². The highest BCUT2D eigenvalue weighted by molar-refractivity contribution is 5.87. The average molecular weight is 623 g/mol. The van der Waals surface area contributed by atoms with E-state index in [0.717, 1.165) is 56.8 Å². The summed E-state index contributed by atoms with van der Waals surface area (Å²) in [5.41, 5.74) is -1.18. The van der Waals surface area contributed by atoms with E-state index in [1.807, 2.05) is 0 Å². The van der Waals surface area contributed by atoms with Gasteiger partial charge in [-0.1, -0.05) is 38.5 Å². The maximum absolute atomic E-state index is 14.9. The Hall–Kier alpha value is -2.73. The summed E-state index contributed by atoms with van der Waals surface area (Å²) in [7, 11) is 0. The first-order valence-electron chi connectivity index (χ1n) is 16.1. The van der Waals surface area contributed by atoms with Crippen LogP contribution in [0.25, 0.3) is 10.8 Å². The van der Waals surface area contributed by atoms with E-state index in [-0.39, 0.29) is 17.1 Å². The standard InChI is InChI=1S/C35H40F6O3/c1-2-3-4-5-6-21-7-12-31(43-20-21)24-10-8-23-16-25(11-9-22(23)15-24)34(42)44-27-17-26-18-29(36)28(13-14-35(39,40)41)33(38)32(26)30(37)19-27/h17-19,21-25,31H,2-12,15-16,20H2,1H3. The number of alkyl halides is 3. The van der Waals surface area contributed by atoms with Gasteiger partial charge in [-0.25, -0.2) is 13.2 Å². The number of carbonyl (C=O) groups is 1. The van der Waals surface area contributed by atoms with Gasteiger partial charge >= 0.3 is 12.1 Å². The molecule has 6 atom stereocenters. The van der Waals surface area contributed by atoms with Crippen molar-refractivity contribution in [2.24, 2.45) is 29.6 Å². The predicted molar refractivity (Wildman–Crippen MR) is 155 cm³/mol. The van der Waals surface area contributed by atoms with Crippen LogP contribution in [-0.4, -0.2) is 24.9 Å². The van der Waals surface area contributed by atoms with Crippen molar-refractivity contribution in [2.75, 3.05) is 6.61 Å². The van der Waals surface area contributed by atoms with Crippen LogP contribution in [-0.2, 0) is 9.53 Å². The smallest absolute Gasteiger partial charge is 0.426 e. The van der Waals surface area contributed by atoms with Crippen molar-refractivity contribution >= 4 is 16.7 Å². The highest BCUT2D eigenvalue weighted by atomic mass is 19.4. The fourth-order valence-electron chi connectivity index (χ4n) is 7.66. The zero-order valence-corrected chi connectivity index (χ0v) is 25.1. The van der Waals surface area contributed by atoms with E-state index in [0.29, 0.717) is 48.7 Å². The Morgan fingerprint density at radius 3 is 2.39 bits per heavy atom. The highest BCUT2D eigenvalue weighted by Crippen LogP contribution is 2.47. The molecule has 2 saturated carbocycles. The Bertz CT molecular complexity index is 1390. The SMILES string of the molecule is CCCCCCC1CCC(C2CCC3CC(C(=O)Oc4cc(F)c5c(F)c(C#CC(F)(F)F)c(F)cc5c4)CCC3C2)OC1. The summed E-state index contributed by atoms with van der Waals surface area (Å²) in [6.45, 7) is 3.10. The molecule has 0 amide bonds. The van der Waals surface area contributed by atoms with Gasteiger partial charge < -0.3 is 9.47 Å². The van der Waals surface area contributed by atoms with Gasteiger partial charge in [0.25, 0.3) is 0 Å². The molecule has 0 spiro atoms. The largest absolute Gasteiger partial charge is 0.458 e. The van der Waals surface area contributed by atoms with E-state index in [9.17, 15) is 31.1 Å². The molecule has 5 rings (SSSR count). The number of benzene rings is 2. The molecule has 0 radical (unpaired) electrons. The number of rotatable bonds is 8. The van der Waals surface area contributed by atoms with Crippen molar-refractivity contribution in [1.29, 1.82) is 0 Å². The Morgan fingerprint density at radius 1 is 0.909 bits per heavy atom. The van der Waals surface area contributed by atoms with Gasteiger partial charge in [-0.05, 0) is 99.0 Å². The minimum atomic E-state index is -4.97. The lowest BCUT2D eigenvalue weighted by molar-refractivity contribution is -0.142. The van der Waals surface area contributed by atoms with Crippen molar-refractivity contribution in [2.45, 2.75) is 103 Å². The number of esters is 1. The summed E-state index contributed by atoms with van der Waals surface area (Å²) >= 11 is 0. The average Bonchev–Trinajstić information content (AvgIpc) is 2.98. The third-order valence-electron chi connectivity index (χ3n) is 9.99. The normalized spacial score (nSPS) is 27.3. The van der Waals surface area contributed by atoms with E-state index in [1.54, 1.807) is 0 Å². The molecule has 3 fully saturated rings. The number of halogens is 6. The first-order valence-corrected chi connectivity index (χ1v) is 16.1. The topological polar surface area (TPSA) is 35.5 Å². The molecule has 1 aliphatic heterocycles. The lowest BCUT2D eigenvalue weighted by atomic mass is 9.63. The Labute approximate surface area is 255 Å². The fraction of sp³-hybridized carbons (Fsp3) is 0.629. The van der Waals surface area contributed by atoms with Crippen LogP contribution in [0.2, 0.25) is 0 Å². The van der Waals surface area contributed by atoms with Crippen LogP contribution >= 0.6 is 0 Å². The lowest BCUT2D eigenvalue weighted by Gasteiger charge is -2.44. The summed E-state index contributed by atoms with van der Waals surface area (Å²) in [5, 5.41) is -1.01. The molecule has 2 aromatic carbocycles. The second kappa shape index (κ2) is 14.1. The molecule has 2 aromatic rings. The minimum absolute atomic E-state index is 0.211. The predicted octanol–water partition coefficient (Wildman–Crippen LogP) is 9.67. The number of unbranched alkanes of at least 4 members (excludes halogenated alkanes) is 3. The summed E-state index contributed by atoms with van der Waals surface area (Å²) in [6, 6.07) is 2.59. The molecule has 3 nitrogen and oxygen atoms in total. The van der Waals surface area contributed by atoms with Crippen LogP contribution in [0.3, 0.4) is 0 Å². The second-order valence-corrected chi connectivity index (χ2v) is 13.0. The van der Waals surface area contributed by atoms with Crippen molar-refractivity contribution in [3.63, 3.8) is 0 Å². The van der Waals surface area contributed by atoms with Gasteiger partial charge in [-0.2, -0.15) is 13.2 Å². The molecule has 2 aliphatic carbocycles. The number of hydrogen-bond acceptors (Lipinski definition) is 3. The molecular formula is C35H40F6O3. The molecule has 1 saturated heterocycles. The summed E-state index contributed by atoms with van der Waals surface area (Å²) in [4.78, 5) is 13.1. The Kier molecular flexibility index (Phi) is 10.5. The molecule has 1 heterocycles. The van der Waals surface area contributed by atoms with Gasteiger partial charge in [0.05, 0.1) is 23.0 Å². The van der Waals surface area contributed by atoms with Crippen molar-refractivity contribution < 1.29 is 40.6 Å². The Balaban J connectivity index is 1.15. The van der Waals surface area contributed by atoms with Crippen LogP contribution in [0.15, 0.2) is 18.2 Å². The monoisotopic (exact) mass is 622 g/mol. The molecule has 9 heteroatoms. The number of carbonyl (C=O) groups excluding carboxylic acids is 1. The van der Waals surface area contributed by atoms with E-state index in [2.05, 4.69) is 6.92 Å². The van der Waals surface area contributed by atoms with Crippen molar-refractivity contribution in [1.82, 2.24) is 0 Å². The first-order chi connectivity index (χ1) is 21.0. The van der Waals surface area contributed by atoms with E-state index < -0.39 is 40.5 Å². The summed E-state index contributed by atoms with van der Waals surface area (Å²) in [5.74, 6) is -0.805. The molecular weight excluding hydrogens is 582 g/mol. The van der Waals surface area contributed by atoms with Gasteiger partial charge in [0.2, 0.25) is 0 Å². The number of fused-ring (bicyclic) bond motifs is 2. The summed E-state index contributed by atoms with van der Waals surface area (Å²) < 4.78 is 93.2. The van der Waals surface area contributed by atoms with Gasteiger partial charge in [0.15, 0.2) is 5.82 Å². The quantitative estimate of drug-likeness (QED) is 0.0967. The van der Waals surface area contributed by atoms with Crippen LogP contribution in [0.1, 0.15) is 96.0 Å². The first kappa shape index (κ1) is 32.7. The zero-order chi connectivity index (χ0) is 31.4. The third kappa shape index (κ3) is 7.91. The van der Waals surface area contributed by atoms with Crippen LogP contribution in [0.5, 0.6) is 5.75 Å². The molecule has 6 unspecified atom stereocenters. The molecule has 0 N–H and O–H groups in total. The van der Waals surface area contributed by atoms with Crippen LogP contribution < -0.4 is 4.74 Å². The maximum Gasteiger partial charge on any atom is 0.458 e.